The predicted octanol–water partition coefficient (Wildman–Crippen LogP) is 1.68. The Morgan fingerprint density at radius 2 is 1.40 bits per heavy atom. The van der Waals surface area contributed by atoms with Crippen LogP contribution in [0.3, 0.4) is 0 Å². The predicted molar refractivity (Wildman–Crippen MR) is 24.5 cm³/mol. The van der Waals surface area contributed by atoms with E-state index >= 15 is 0 Å². The highest BCUT2D eigenvalue weighted by molar-refractivity contribution is 7.93. The number of alkyl halides is 5. The lowest BCUT2D eigenvalue weighted by Gasteiger charge is -2.16. The Morgan fingerprint density at radius 3 is 1.40 bits per heavy atom. The molecular formula is C3H2F5OS. The summed E-state index contributed by atoms with van der Waals surface area (Å²) in [6.45, 7) is 1.78. The molecule has 0 amide bonds. The smallest absolute Gasteiger partial charge is 0.578 e. The van der Waals surface area contributed by atoms with Crippen LogP contribution in [-0.4, -0.2) is 15.3 Å². The molecular weight excluding hydrogens is 179 g/mol. The van der Waals surface area contributed by atoms with Gasteiger partial charge in [-0.2, -0.15) is 8.78 Å². The number of rotatable bonds is 1. The molecule has 0 bridgehead atoms. The van der Waals surface area contributed by atoms with Crippen molar-refractivity contribution < 1.29 is 26.5 Å². The third-order valence-corrected chi connectivity index (χ3v) is 1.44. The van der Waals surface area contributed by atoms with E-state index in [9.17, 15) is 26.5 Å². The summed E-state index contributed by atoms with van der Waals surface area (Å²) in [6, 6.07) is 0. The van der Waals surface area contributed by atoms with E-state index in [1.165, 1.54) is 0 Å². The van der Waals surface area contributed by atoms with Crippen molar-refractivity contribution in [2.45, 2.75) is 10.8 Å². The van der Waals surface area contributed by atoms with Gasteiger partial charge in [0, 0.05) is 0 Å². The van der Waals surface area contributed by atoms with Gasteiger partial charge < -0.3 is 4.55 Å². The summed E-state index contributed by atoms with van der Waals surface area (Å²) in [7, 11) is 0. The molecule has 0 aromatic heterocycles. The zero-order valence-electron chi connectivity index (χ0n) is 4.41. The van der Waals surface area contributed by atoms with Gasteiger partial charge in [0.25, 0.3) is 0 Å². The normalized spacial score (nSPS) is 17.1. The van der Waals surface area contributed by atoms with Crippen molar-refractivity contribution in [3.8, 4) is 0 Å². The van der Waals surface area contributed by atoms with Gasteiger partial charge in [-0.15, -0.1) is 13.2 Å². The first-order valence-corrected chi connectivity index (χ1v) is 3.02. The summed E-state index contributed by atoms with van der Waals surface area (Å²) < 4.78 is 66.0. The molecule has 1 unspecified atom stereocenters. The highest BCUT2D eigenvalue weighted by atomic mass is 32.2. The third-order valence-electron chi connectivity index (χ3n) is 0.481. The Bertz CT molecular complexity index is 101. The van der Waals surface area contributed by atoms with Gasteiger partial charge >= 0.3 is 10.8 Å². The molecule has 0 aromatic rings. The molecule has 0 aliphatic heterocycles. The molecule has 0 saturated carbocycles. The lowest BCUT2D eigenvalue weighted by atomic mass is 10.9. The number of halogens is 5. The van der Waals surface area contributed by atoms with Gasteiger partial charge in [-0.1, -0.05) is 0 Å². The quantitative estimate of drug-likeness (QED) is 0.445. The van der Waals surface area contributed by atoms with E-state index in [0.717, 1.165) is 0 Å². The van der Waals surface area contributed by atoms with Crippen LogP contribution < -0.4 is 0 Å². The van der Waals surface area contributed by atoms with Gasteiger partial charge in [0.05, 0.1) is 6.92 Å². The standard InChI is InChI=1S/C3H2F5OS/c1-2(4,5)10(9)3(6,7)8/h1H2. The summed E-state index contributed by atoms with van der Waals surface area (Å²) in [4.78, 5) is 0. The molecule has 0 rings (SSSR count). The van der Waals surface area contributed by atoms with Crippen LogP contribution in [0.2, 0.25) is 0 Å². The number of hydrogen-bond acceptors (Lipinski definition) is 1. The van der Waals surface area contributed by atoms with Crippen LogP contribution in [0, 0.1) is 6.92 Å². The minimum Gasteiger partial charge on any atom is -0.604 e. The van der Waals surface area contributed by atoms with E-state index in [4.69, 9.17) is 0 Å². The van der Waals surface area contributed by atoms with Crippen LogP contribution >= 0.6 is 0 Å². The second-order valence-corrected chi connectivity index (χ2v) is 2.95. The van der Waals surface area contributed by atoms with E-state index in [-0.39, 0.29) is 0 Å². The molecule has 7 heteroatoms. The van der Waals surface area contributed by atoms with Crippen molar-refractivity contribution >= 4 is 11.2 Å². The fourth-order valence-corrected chi connectivity index (χ4v) is 0.508. The monoisotopic (exact) mass is 181 g/mol. The van der Waals surface area contributed by atoms with Gasteiger partial charge in [0.2, 0.25) is 0 Å². The highest BCUT2D eigenvalue weighted by Crippen LogP contribution is 2.34. The maximum absolute atomic E-state index is 11.5. The largest absolute Gasteiger partial charge is 0.604 e. The fourth-order valence-electron chi connectivity index (χ4n) is 0.169. The Balaban J connectivity index is 4.23. The SMILES string of the molecule is [CH2]C(F)(F)[S+]([O-])C(F)(F)F. The summed E-state index contributed by atoms with van der Waals surface area (Å²) in [5.41, 5.74) is -5.40. The first kappa shape index (κ1) is 9.96. The zero-order chi connectivity index (χ0) is 8.58. The van der Waals surface area contributed by atoms with E-state index in [0.29, 0.717) is 0 Å². The van der Waals surface area contributed by atoms with Gasteiger partial charge in [-0.05, 0) is 0 Å². The second-order valence-electron chi connectivity index (χ2n) is 1.35. The van der Waals surface area contributed by atoms with Crippen LogP contribution in [0.5, 0.6) is 0 Å². The molecule has 61 valence electrons. The van der Waals surface area contributed by atoms with Crippen LogP contribution in [0.25, 0.3) is 0 Å². The lowest BCUT2D eigenvalue weighted by Crippen LogP contribution is -2.37. The van der Waals surface area contributed by atoms with Crippen molar-refractivity contribution in [1.82, 2.24) is 0 Å². The molecule has 0 saturated heterocycles. The Morgan fingerprint density at radius 1 is 1.10 bits per heavy atom. The molecule has 0 aliphatic carbocycles. The molecule has 0 fully saturated rings. The minimum atomic E-state index is -5.40. The van der Waals surface area contributed by atoms with E-state index in [2.05, 4.69) is 0 Å². The lowest BCUT2D eigenvalue weighted by molar-refractivity contribution is -0.0526. The highest BCUT2D eigenvalue weighted by Gasteiger charge is 2.57. The van der Waals surface area contributed by atoms with E-state index in [1.54, 1.807) is 6.92 Å². The summed E-state index contributed by atoms with van der Waals surface area (Å²) in [6.07, 6.45) is 0. The average Bonchev–Trinajstić information content (AvgIpc) is 1.59. The summed E-state index contributed by atoms with van der Waals surface area (Å²) in [5.74, 6) is 0. The van der Waals surface area contributed by atoms with Gasteiger partial charge in [0.1, 0.15) is 11.2 Å². The molecule has 0 spiro atoms. The van der Waals surface area contributed by atoms with E-state index < -0.39 is 21.9 Å². The third kappa shape index (κ3) is 2.70. The molecule has 0 aromatic carbocycles. The van der Waals surface area contributed by atoms with Gasteiger partial charge in [-0.25, -0.2) is 0 Å². The molecule has 10 heavy (non-hydrogen) atoms. The topological polar surface area (TPSA) is 23.1 Å². The number of hydrogen-bond donors (Lipinski definition) is 0. The average molecular weight is 181 g/mol. The molecule has 0 aliphatic rings. The molecule has 0 N–H and O–H groups in total. The van der Waals surface area contributed by atoms with Gasteiger partial charge in [-0.3, -0.25) is 0 Å². The van der Waals surface area contributed by atoms with Crippen molar-refractivity contribution in [2.24, 2.45) is 0 Å². The first-order valence-electron chi connectivity index (χ1n) is 1.87. The maximum atomic E-state index is 11.5. The molecule has 1 radical (unpaired) electrons. The van der Waals surface area contributed by atoms with Crippen molar-refractivity contribution in [3.05, 3.63) is 6.92 Å². The molecule has 0 heterocycles. The Hall–Kier alpha value is -0.0400. The van der Waals surface area contributed by atoms with Crippen LogP contribution in [-0.2, 0) is 11.2 Å². The maximum Gasteiger partial charge on any atom is 0.578 e. The van der Waals surface area contributed by atoms with Crippen molar-refractivity contribution in [2.75, 3.05) is 0 Å². The van der Waals surface area contributed by atoms with Crippen LogP contribution in [0.4, 0.5) is 22.0 Å². The Kier molecular flexibility index (Phi) is 2.53. The van der Waals surface area contributed by atoms with Crippen molar-refractivity contribution in [3.63, 3.8) is 0 Å². The van der Waals surface area contributed by atoms with Crippen molar-refractivity contribution in [1.29, 1.82) is 0 Å². The summed E-state index contributed by atoms with van der Waals surface area (Å²) >= 11 is -4.20. The van der Waals surface area contributed by atoms with Crippen LogP contribution in [0.15, 0.2) is 0 Å². The zero-order valence-corrected chi connectivity index (χ0v) is 5.23. The molecule has 1 atom stereocenters. The second kappa shape index (κ2) is 2.54. The van der Waals surface area contributed by atoms with Gasteiger partial charge in [0.15, 0.2) is 0 Å². The molecule has 1 nitrogen and oxygen atoms in total. The van der Waals surface area contributed by atoms with Crippen LogP contribution in [0.1, 0.15) is 0 Å². The minimum absolute atomic E-state index is 1.78. The first-order chi connectivity index (χ1) is 4.15. The fraction of sp³-hybridized carbons (Fsp3) is 0.667. The summed E-state index contributed by atoms with van der Waals surface area (Å²) in [5, 5.41) is -4.46. The van der Waals surface area contributed by atoms with E-state index in [1.807, 2.05) is 0 Å². The Labute approximate surface area is 56.4 Å².